The molecule has 1 N–H and O–H groups in total. The molecule has 0 aliphatic heterocycles. The predicted octanol–water partition coefficient (Wildman–Crippen LogP) is 7.86. The van der Waals surface area contributed by atoms with Crippen LogP contribution in [0.4, 0.5) is 0 Å². The minimum Gasteiger partial charge on any atom is -0.393 e. The number of aliphatic hydroxyl groups is 1. The maximum absolute atomic E-state index is 10.3. The van der Waals surface area contributed by atoms with Crippen LogP contribution in [0, 0.1) is 52.3 Å². The van der Waals surface area contributed by atoms with Crippen molar-refractivity contribution in [3.63, 3.8) is 0 Å². The molecular formula is C28H50O. The molecule has 0 saturated heterocycles. The SMILES string of the molecule is CC(C)CCCCC(C)[C@H]1CCC2C3CC[C@@H]4C[C@@H](O)CC[C@]4(C)C3CC[C@@]21C. The Morgan fingerprint density at radius 1 is 0.793 bits per heavy atom. The van der Waals surface area contributed by atoms with E-state index in [2.05, 4.69) is 34.6 Å². The molecule has 0 amide bonds. The zero-order valence-electron chi connectivity index (χ0n) is 20.3. The summed E-state index contributed by atoms with van der Waals surface area (Å²) in [5.41, 5.74) is 1.15. The summed E-state index contributed by atoms with van der Waals surface area (Å²) >= 11 is 0. The molecule has 1 heteroatoms. The Morgan fingerprint density at radius 3 is 2.24 bits per heavy atom. The van der Waals surface area contributed by atoms with Gasteiger partial charge in [0.05, 0.1) is 6.10 Å². The van der Waals surface area contributed by atoms with Crippen molar-refractivity contribution in [2.45, 2.75) is 124 Å². The molecule has 29 heavy (non-hydrogen) atoms. The van der Waals surface area contributed by atoms with Crippen LogP contribution in [0.1, 0.15) is 118 Å². The summed E-state index contributed by atoms with van der Waals surface area (Å²) in [5, 5.41) is 10.3. The summed E-state index contributed by atoms with van der Waals surface area (Å²) in [6.45, 7) is 12.7. The minimum atomic E-state index is -0.00844. The number of rotatable bonds is 6. The fourth-order valence-corrected chi connectivity index (χ4v) is 9.43. The van der Waals surface area contributed by atoms with E-state index >= 15 is 0 Å². The third-order valence-corrected chi connectivity index (χ3v) is 11.1. The highest BCUT2D eigenvalue weighted by Crippen LogP contribution is 2.68. The summed E-state index contributed by atoms with van der Waals surface area (Å²) < 4.78 is 0. The van der Waals surface area contributed by atoms with Crippen LogP contribution in [0.15, 0.2) is 0 Å². The van der Waals surface area contributed by atoms with Crippen LogP contribution in [0.25, 0.3) is 0 Å². The van der Waals surface area contributed by atoms with E-state index < -0.39 is 0 Å². The number of unbranched alkanes of at least 4 members (excludes halogenated alkanes) is 1. The maximum atomic E-state index is 10.3. The van der Waals surface area contributed by atoms with Gasteiger partial charge in [-0.15, -0.1) is 0 Å². The zero-order valence-corrected chi connectivity index (χ0v) is 20.3. The highest BCUT2D eigenvalue weighted by Gasteiger charge is 2.60. The average molecular weight is 403 g/mol. The lowest BCUT2D eigenvalue weighted by Gasteiger charge is -2.61. The summed E-state index contributed by atoms with van der Waals surface area (Å²) in [6.07, 6.45) is 18.1. The molecule has 4 unspecified atom stereocenters. The van der Waals surface area contributed by atoms with Crippen LogP contribution >= 0.6 is 0 Å². The summed E-state index contributed by atoms with van der Waals surface area (Å²) in [4.78, 5) is 0. The molecule has 4 rings (SSSR count). The van der Waals surface area contributed by atoms with Crippen LogP contribution in [0.2, 0.25) is 0 Å². The predicted molar refractivity (Wildman–Crippen MR) is 124 cm³/mol. The van der Waals surface area contributed by atoms with Crippen molar-refractivity contribution in [3.05, 3.63) is 0 Å². The first kappa shape index (κ1) is 22.2. The van der Waals surface area contributed by atoms with Crippen LogP contribution in [0.5, 0.6) is 0 Å². The molecule has 0 aromatic heterocycles. The average Bonchev–Trinajstić information content (AvgIpc) is 3.03. The fourth-order valence-electron chi connectivity index (χ4n) is 9.43. The van der Waals surface area contributed by atoms with Gasteiger partial charge in [-0.2, -0.15) is 0 Å². The third kappa shape index (κ3) is 3.96. The zero-order chi connectivity index (χ0) is 20.8. The molecule has 4 saturated carbocycles. The van der Waals surface area contributed by atoms with Gasteiger partial charge in [-0.25, -0.2) is 0 Å². The highest BCUT2D eigenvalue weighted by atomic mass is 16.3. The first-order chi connectivity index (χ1) is 13.8. The molecule has 4 aliphatic rings. The topological polar surface area (TPSA) is 20.2 Å². The van der Waals surface area contributed by atoms with E-state index in [4.69, 9.17) is 0 Å². The Morgan fingerprint density at radius 2 is 1.48 bits per heavy atom. The van der Waals surface area contributed by atoms with Crippen LogP contribution < -0.4 is 0 Å². The van der Waals surface area contributed by atoms with Crippen molar-refractivity contribution < 1.29 is 5.11 Å². The summed E-state index contributed by atoms with van der Waals surface area (Å²) in [7, 11) is 0. The van der Waals surface area contributed by atoms with Gasteiger partial charge in [-0.1, -0.05) is 60.3 Å². The molecule has 9 atom stereocenters. The minimum absolute atomic E-state index is 0.00844. The van der Waals surface area contributed by atoms with Crippen molar-refractivity contribution >= 4 is 0 Å². The Kier molecular flexibility index (Phi) is 6.48. The fraction of sp³-hybridized carbons (Fsp3) is 1.00. The lowest BCUT2D eigenvalue weighted by atomic mass is 9.44. The van der Waals surface area contributed by atoms with Gasteiger partial charge in [0.1, 0.15) is 0 Å². The second-order valence-corrected chi connectivity index (χ2v) is 13.0. The van der Waals surface area contributed by atoms with E-state index in [9.17, 15) is 5.11 Å². The maximum Gasteiger partial charge on any atom is 0.0543 e. The molecule has 0 aromatic rings. The van der Waals surface area contributed by atoms with Crippen molar-refractivity contribution in [2.24, 2.45) is 52.3 Å². The van der Waals surface area contributed by atoms with Crippen LogP contribution in [-0.2, 0) is 0 Å². The van der Waals surface area contributed by atoms with Crippen LogP contribution in [-0.4, -0.2) is 11.2 Å². The van der Waals surface area contributed by atoms with Gasteiger partial charge in [0.25, 0.3) is 0 Å². The number of hydrogen-bond acceptors (Lipinski definition) is 1. The van der Waals surface area contributed by atoms with E-state index in [1.165, 1.54) is 70.6 Å². The summed E-state index contributed by atoms with van der Waals surface area (Å²) in [5.74, 6) is 6.50. The molecular weight excluding hydrogens is 352 g/mol. The van der Waals surface area contributed by atoms with Gasteiger partial charge >= 0.3 is 0 Å². The molecule has 4 aliphatic carbocycles. The Bertz CT molecular complexity index is 555. The first-order valence-corrected chi connectivity index (χ1v) is 13.4. The van der Waals surface area contributed by atoms with Crippen molar-refractivity contribution in [1.82, 2.24) is 0 Å². The van der Waals surface area contributed by atoms with Gasteiger partial charge in [-0.3, -0.25) is 0 Å². The molecule has 168 valence electrons. The van der Waals surface area contributed by atoms with Gasteiger partial charge < -0.3 is 5.11 Å². The number of hydrogen-bond donors (Lipinski definition) is 1. The van der Waals surface area contributed by atoms with Crippen molar-refractivity contribution in [1.29, 1.82) is 0 Å². The van der Waals surface area contributed by atoms with Gasteiger partial charge in [0.2, 0.25) is 0 Å². The lowest BCUT2D eigenvalue weighted by molar-refractivity contribution is -0.129. The molecule has 0 aromatic carbocycles. The van der Waals surface area contributed by atoms with E-state index in [0.29, 0.717) is 10.8 Å². The van der Waals surface area contributed by atoms with Gasteiger partial charge in [0.15, 0.2) is 0 Å². The lowest BCUT2D eigenvalue weighted by Crippen LogP contribution is -2.54. The highest BCUT2D eigenvalue weighted by molar-refractivity contribution is 5.09. The number of aliphatic hydroxyl groups excluding tert-OH is 1. The second-order valence-electron chi connectivity index (χ2n) is 13.0. The molecule has 0 bridgehead atoms. The van der Waals surface area contributed by atoms with E-state index in [1.807, 2.05) is 0 Å². The Balaban J connectivity index is 1.42. The third-order valence-electron chi connectivity index (χ3n) is 11.1. The van der Waals surface area contributed by atoms with E-state index in [0.717, 1.165) is 54.3 Å². The van der Waals surface area contributed by atoms with Gasteiger partial charge in [0, 0.05) is 0 Å². The number of fused-ring (bicyclic) bond motifs is 5. The van der Waals surface area contributed by atoms with Crippen molar-refractivity contribution in [3.8, 4) is 0 Å². The largest absolute Gasteiger partial charge is 0.393 e. The molecule has 0 heterocycles. The van der Waals surface area contributed by atoms with Crippen molar-refractivity contribution in [2.75, 3.05) is 0 Å². The van der Waals surface area contributed by atoms with Gasteiger partial charge in [-0.05, 0) is 110 Å². The standard InChI is InChI=1S/C28H50O/c1-19(2)8-6-7-9-20(3)24-12-13-25-23-11-10-21-18-22(29)14-16-27(21,4)26(23)15-17-28(24,25)5/h19-26,29H,6-18H2,1-5H3/t20?,21-,22+,23?,24-,25?,26?,27+,28-/m1/s1. The quantitative estimate of drug-likeness (QED) is 0.448. The Hall–Kier alpha value is -0.0400. The van der Waals surface area contributed by atoms with Crippen LogP contribution in [0.3, 0.4) is 0 Å². The van der Waals surface area contributed by atoms with E-state index in [1.54, 1.807) is 0 Å². The monoisotopic (exact) mass is 402 g/mol. The Labute approximate surface area is 181 Å². The molecule has 0 spiro atoms. The summed E-state index contributed by atoms with van der Waals surface area (Å²) in [6, 6.07) is 0. The smallest absolute Gasteiger partial charge is 0.0543 e. The first-order valence-electron chi connectivity index (χ1n) is 13.4. The molecule has 0 radical (unpaired) electrons. The normalized spacial score (nSPS) is 48.1. The van der Waals surface area contributed by atoms with E-state index in [-0.39, 0.29) is 6.10 Å². The molecule has 4 fully saturated rings. The second kappa shape index (κ2) is 8.48. The molecule has 1 nitrogen and oxygen atoms in total.